The van der Waals surface area contributed by atoms with E-state index in [1.54, 1.807) is 30.3 Å². The van der Waals surface area contributed by atoms with Gasteiger partial charge < -0.3 is 9.47 Å². The highest BCUT2D eigenvalue weighted by molar-refractivity contribution is 6.04. The number of anilines is 1. The minimum absolute atomic E-state index is 0.181. The van der Waals surface area contributed by atoms with Crippen molar-refractivity contribution in [2.24, 2.45) is 0 Å². The number of para-hydroxylation sites is 1. The molecule has 0 unspecified atom stereocenters. The average Bonchev–Trinajstić information content (AvgIpc) is 3.12. The molecule has 1 aliphatic rings. The van der Waals surface area contributed by atoms with E-state index < -0.39 is 0 Å². The molecular formula is C18H17N5O3. The molecule has 0 bridgehead atoms. The van der Waals surface area contributed by atoms with E-state index in [1.807, 2.05) is 30.3 Å². The molecule has 1 amide bonds. The zero-order valence-corrected chi connectivity index (χ0v) is 14.2. The number of ether oxygens (including phenoxy) is 2. The number of carbonyl (C=O) groups excluding carboxylic acids is 1. The van der Waals surface area contributed by atoms with Crippen molar-refractivity contribution in [3.8, 4) is 11.5 Å². The lowest BCUT2D eigenvalue weighted by atomic mass is 10.2. The summed E-state index contributed by atoms with van der Waals surface area (Å²) in [5.74, 6) is 1.48. The fourth-order valence-corrected chi connectivity index (χ4v) is 2.74. The van der Waals surface area contributed by atoms with Gasteiger partial charge in [-0.1, -0.05) is 18.2 Å². The van der Waals surface area contributed by atoms with Crippen LogP contribution in [0.5, 0.6) is 11.5 Å². The first-order valence-electron chi connectivity index (χ1n) is 8.17. The monoisotopic (exact) mass is 351 g/mol. The van der Waals surface area contributed by atoms with Crippen LogP contribution in [0.25, 0.3) is 0 Å². The first kappa shape index (κ1) is 16.1. The van der Waals surface area contributed by atoms with Crippen LogP contribution in [-0.2, 0) is 13.2 Å². The number of amides is 1. The highest BCUT2D eigenvalue weighted by atomic mass is 16.5. The predicted molar refractivity (Wildman–Crippen MR) is 93.3 cm³/mol. The highest BCUT2D eigenvalue weighted by Gasteiger charge is 2.29. The van der Waals surface area contributed by atoms with Crippen molar-refractivity contribution in [3.63, 3.8) is 0 Å². The third-order valence-corrected chi connectivity index (χ3v) is 4.05. The van der Waals surface area contributed by atoms with Gasteiger partial charge in [0, 0.05) is 6.54 Å². The number of hydrogen-bond acceptors (Lipinski definition) is 6. The summed E-state index contributed by atoms with van der Waals surface area (Å²) in [6.07, 6.45) is 3.08. The van der Waals surface area contributed by atoms with Crippen LogP contribution in [0, 0.1) is 0 Å². The van der Waals surface area contributed by atoms with Crippen molar-refractivity contribution in [3.05, 3.63) is 60.2 Å². The van der Waals surface area contributed by atoms with E-state index in [0.29, 0.717) is 42.8 Å². The first-order valence-corrected chi connectivity index (χ1v) is 8.17. The molecule has 3 aromatic rings. The number of benzene rings is 1. The second-order valence-corrected chi connectivity index (χ2v) is 5.73. The Morgan fingerprint density at radius 1 is 1.08 bits per heavy atom. The van der Waals surface area contributed by atoms with Gasteiger partial charge in [0.1, 0.15) is 23.7 Å². The molecule has 26 heavy (non-hydrogen) atoms. The average molecular weight is 351 g/mol. The Balaban J connectivity index is 1.50. The largest absolute Gasteiger partial charge is 0.494 e. The molecule has 8 heteroatoms. The van der Waals surface area contributed by atoms with Crippen LogP contribution in [0.2, 0.25) is 0 Å². The predicted octanol–water partition coefficient (Wildman–Crippen LogP) is 1.92. The molecule has 0 saturated carbocycles. The van der Waals surface area contributed by atoms with E-state index >= 15 is 0 Å². The molecule has 1 aromatic carbocycles. The Labute approximate surface area is 150 Å². The van der Waals surface area contributed by atoms with Crippen LogP contribution in [0.1, 0.15) is 16.2 Å². The van der Waals surface area contributed by atoms with E-state index in [9.17, 15) is 4.79 Å². The number of methoxy groups -OCH3 is 1. The van der Waals surface area contributed by atoms with Gasteiger partial charge in [-0.3, -0.25) is 14.4 Å². The molecule has 3 heterocycles. The molecule has 1 aliphatic heterocycles. The van der Waals surface area contributed by atoms with Crippen LogP contribution < -0.4 is 14.4 Å². The molecular weight excluding hydrogens is 334 g/mol. The summed E-state index contributed by atoms with van der Waals surface area (Å²) in [6.45, 7) is 1.33. The zero-order chi connectivity index (χ0) is 17.9. The molecule has 8 nitrogen and oxygen atoms in total. The summed E-state index contributed by atoms with van der Waals surface area (Å²) in [7, 11) is 1.54. The number of hydrogen-bond donors (Lipinski definition) is 0. The number of fused-ring (bicyclic) bond motifs is 1. The lowest BCUT2D eigenvalue weighted by molar-refractivity contribution is 0.0960. The molecule has 2 aromatic heterocycles. The highest BCUT2D eigenvalue weighted by Crippen LogP contribution is 2.20. The first-order chi connectivity index (χ1) is 12.7. The van der Waals surface area contributed by atoms with Gasteiger partial charge in [-0.15, -0.1) is 0 Å². The van der Waals surface area contributed by atoms with Gasteiger partial charge in [-0.2, -0.15) is 5.10 Å². The maximum atomic E-state index is 12.8. The van der Waals surface area contributed by atoms with Gasteiger partial charge in [0.25, 0.3) is 5.91 Å². The van der Waals surface area contributed by atoms with Crippen molar-refractivity contribution in [1.29, 1.82) is 0 Å². The lowest BCUT2D eigenvalue weighted by Crippen LogP contribution is -2.41. The molecule has 0 fully saturated rings. The smallest absolute Gasteiger partial charge is 0.278 e. The summed E-state index contributed by atoms with van der Waals surface area (Å²) >= 11 is 0. The van der Waals surface area contributed by atoms with Crippen molar-refractivity contribution < 1.29 is 14.3 Å². The summed E-state index contributed by atoms with van der Waals surface area (Å²) in [5.41, 5.74) is 1.21. The van der Waals surface area contributed by atoms with Crippen LogP contribution in [0.3, 0.4) is 0 Å². The summed E-state index contributed by atoms with van der Waals surface area (Å²) in [6, 6.07) is 11.2. The van der Waals surface area contributed by atoms with Crippen LogP contribution >= 0.6 is 0 Å². The Hall–Kier alpha value is -3.42. The third-order valence-electron chi connectivity index (χ3n) is 4.05. The van der Waals surface area contributed by atoms with Gasteiger partial charge in [0.15, 0.2) is 5.75 Å². The standard InChI is InChI=1S/C18H17N5O3/c1-25-15-10-19-18(20-11-15)22-7-8-23-16(17(22)24)9-13(21-23)12-26-14-5-3-2-4-6-14/h2-6,9-11H,7-8,12H2,1H3. The van der Waals surface area contributed by atoms with Crippen LogP contribution in [0.15, 0.2) is 48.8 Å². The van der Waals surface area contributed by atoms with Gasteiger partial charge in [-0.25, -0.2) is 9.97 Å². The molecule has 0 radical (unpaired) electrons. The lowest BCUT2D eigenvalue weighted by Gasteiger charge is -2.25. The number of aromatic nitrogens is 4. The number of rotatable bonds is 5. The fourth-order valence-electron chi connectivity index (χ4n) is 2.74. The van der Waals surface area contributed by atoms with E-state index in [4.69, 9.17) is 9.47 Å². The summed E-state index contributed by atoms with van der Waals surface area (Å²) < 4.78 is 12.5. The van der Waals surface area contributed by atoms with Crippen LogP contribution in [0.4, 0.5) is 5.95 Å². The molecule has 132 valence electrons. The van der Waals surface area contributed by atoms with E-state index in [1.165, 1.54) is 4.90 Å². The van der Waals surface area contributed by atoms with Crippen LogP contribution in [-0.4, -0.2) is 39.3 Å². The minimum Gasteiger partial charge on any atom is -0.494 e. The molecule has 0 saturated heterocycles. The Kier molecular flexibility index (Phi) is 4.22. The maximum Gasteiger partial charge on any atom is 0.278 e. The normalized spacial score (nSPS) is 13.4. The Morgan fingerprint density at radius 3 is 2.58 bits per heavy atom. The topological polar surface area (TPSA) is 82.4 Å². The maximum absolute atomic E-state index is 12.8. The molecule has 4 rings (SSSR count). The summed E-state index contributed by atoms with van der Waals surface area (Å²) in [5, 5.41) is 4.46. The number of carbonyl (C=O) groups is 1. The van der Waals surface area contributed by atoms with Gasteiger partial charge in [-0.05, 0) is 18.2 Å². The van der Waals surface area contributed by atoms with E-state index in [2.05, 4.69) is 15.1 Å². The molecule has 0 atom stereocenters. The SMILES string of the molecule is COc1cnc(N2CCn3nc(COc4ccccc4)cc3C2=O)nc1. The number of nitrogens with zero attached hydrogens (tertiary/aromatic N) is 5. The van der Waals surface area contributed by atoms with Gasteiger partial charge >= 0.3 is 0 Å². The molecule has 0 aliphatic carbocycles. The Morgan fingerprint density at radius 2 is 1.85 bits per heavy atom. The zero-order valence-electron chi connectivity index (χ0n) is 14.2. The van der Waals surface area contributed by atoms with E-state index in [-0.39, 0.29) is 5.91 Å². The quantitative estimate of drug-likeness (QED) is 0.698. The molecule has 0 spiro atoms. The van der Waals surface area contributed by atoms with Crippen molar-refractivity contribution >= 4 is 11.9 Å². The van der Waals surface area contributed by atoms with Gasteiger partial charge in [0.05, 0.1) is 26.0 Å². The third kappa shape index (κ3) is 3.08. The fraction of sp³-hybridized carbons (Fsp3) is 0.222. The van der Waals surface area contributed by atoms with Crippen molar-refractivity contribution in [2.45, 2.75) is 13.2 Å². The van der Waals surface area contributed by atoms with Gasteiger partial charge in [0.2, 0.25) is 5.95 Å². The minimum atomic E-state index is -0.181. The molecule has 0 N–H and O–H groups in total. The van der Waals surface area contributed by atoms with Crippen molar-refractivity contribution in [1.82, 2.24) is 19.7 Å². The van der Waals surface area contributed by atoms with E-state index in [0.717, 1.165) is 5.75 Å². The van der Waals surface area contributed by atoms with Crippen molar-refractivity contribution in [2.75, 3.05) is 18.6 Å². The summed E-state index contributed by atoms with van der Waals surface area (Å²) in [4.78, 5) is 22.7. The Bertz CT molecular complexity index is 908. The second kappa shape index (κ2) is 6.83. The second-order valence-electron chi connectivity index (χ2n) is 5.73.